The molecule has 2 saturated heterocycles. The molecule has 5 heterocycles. The van der Waals surface area contributed by atoms with Crippen molar-refractivity contribution in [3.8, 4) is 0 Å². The van der Waals surface area contributed by atoms with Crippen molar-refractivity contribution in [1.82, 2.24) is 0 Å². The van der Waals surface area contributed by atoms with Crippen LogP contribution < -0.4 is 0 Å². The standard InChI is InChI=1S/C26H32N2O4S2/c1-15-16(2)28-24-22(34-10-18-20(12-34)32-26(5,6)14-30-18)8-7-21(23(24)27-15)33-9-17-19(11-33)31-25(3,4)13-29-17/h7-12,23-24,33-34H,13-14H2,1-6H3. The van der Waals surface area contributed by atoms with Gasteiger partial charge in [0.2, 0.25) is 0 Å². The van der Waals surface area contributed by atoms with E-state index in [-0.39, 0.29) is 23.3 Å². The van der Waals surface area contributed by atoms with Gasteiger partial charge in [-0.1, -0.05) is 12.2 Å². The number of hydrogen-bond acceptors (Lipinski definition) is 6. The minimum absolute atomic E-state index is 0.0168. The second-order valence-corrected chi connectivity index (χ2v) is 14.3. The number of thiol groups is 2. The Hall–Kier alpha value is -2.32. The van der Waals surface area contributed by atoms with E-state index in [2.05, 4.69) is 75.3 Å². The van der Waals surface area contributed by atoms with Crippen LogP contribution in [0.3, 0.4) is 0 Å². The first kappa shape index (κ1) is 22.2. The van der Waals surface area contributed by atoms with Crippen molar-refractivity contribution >= 4 is 33.2 Å². The summed E-state index contributed by atoms with van der Waals surface area (Å²) in [6.07, 6.45) is 4.53. The van der Waals surface area contributed by atoms with Gasteiger partial charge in [-0.3, -0.25) is 9.98 Å². The molecule has 5 aliphatic heterocycles. The highest BCUT2D eigenvalue weighted by Crippen LogP contribution is 2.57. The van der Waals surface area contributed by atoms with E-state index in [1.807, 2.05) is 0 Å². The van der Waals surface area contributed by atoms with Gasteiger partial charge in [-0.25, -0.2) is 0 Å². The molecule has 6 aliphatic rings. The molecular formula is C26H32N2O4S2. The fraction of sp³-hybridized carbons (Fsp3) is 0.462. The van der Waals surface area contributed by atoms with Crippen molar-refractivity contribution in [2.24, 2.45) is 9.98 Å². The lowest BCUT2D eigenvalue weighted by atomic mass is 10.0. The van der Waals surface area contributed by atoms with Crippen LogP contribution in [0.25, 0.3) is 0 Å². The maximum Gasteiger partial charge on any atom is 0.167 e. The van der Waals surface area contributed by atoms with E-state index >= 15 is 0 Å². The van der Waals surface area contributed by atoms with Crippen LogP contribution >= 0.6 is 21.8 Å². The number of aliphatic imine (C=N–C) groups is 2. The van der Waals surface area contributed by atoms with Gasteiger partial charge in [0.25, 0.3) is 0 Å². The summed E-state index contributed by atoms with van der Waals surface area (Å²) in [7, 11) is -1.39. The van der Waals surface area contributed by atoms with Crippen LogP contribution in [0.15, 0.2) is 76.6 Å². The molecule has 0 radical (unpaired) electrons. The Morgan fingerprint density at radius 3 is 1.47 bits per heavy atom. The van der Waals surface area contributed by atoms with E-state index in [0.29, 0.717) is 13.2 Å². The molecule has 182 valence electrons. The lowest BCUT2D eigenvalue weighted by molar-refractivity contribution is -0.0648. The minimum Gasteiger partial charge on any atom is -0.485 e. The monoisotopic (exact) mass is 500 g/mol. The molecule has 0 bridgehead atoms. The van der Waals surface area contributed by atoms with E-state index in [4.69, 9.17) is 28.9 Å². The molecule has 2 fully saturated rings. The third-order valence-electron chi connectivity index (χ3n) is 6.55. The molecule has 34 heavy (non-hydrogen) atoms. The first-order valence-electron chi connectivity index (χ1n) is 11.7. The Labute approximate surface area is 206 Å². The van der Waals surface area contributed by atoms with Gasteiger partial charge in [0, 0.05) is 21.6 Å². The quantitative estimate of drug-likeness (QED) is 0.493. The zero-order valence-electron chi connectivity index (χ0n) is 20.5. The Kier molecular flexibility index (Phi) is 4.95. The van der Waals surface area contributed by atoms with Gasteiger partial charge in [0.05, 0.1) is 11.4 Å². The molecule has 0 aromatic rings. The average molecular weight is 501 g/mol. The molecule has 4 unspecified atom stereocenters. The summed E-state index contributed by atoms with van der Waals surface area (Å²) in [6.45, 7) is 13.5. The molecule has 1 aliphatic carbocycles. The van der Waals surface area contributed by atoms with E-state index < -0.39 is 21.8 Å². The van der Waals surface area contributed by atoms with E-state index in [9.17, 15) is 0 Å². The summed E-state index contributed by atoms with van der Waals surface area (Å²) >= 11 is 0. The predicted molar refractivity (Wildman–Crippen MR) is 142 cm³/mol. The van der Waals surface area contributed by atoms with E-state index in [1.165, 1.54) is 9.81 Å². The lowest BCUT2D eigenvalue weighted by Gasteiger charge is -2.36. The van der Waals surface area contributed by atoms with Gasteiger partial charge in [-0.2, -0.15) is 21.8 Å². The molecule has 0 saturated carbocycles. The molecule has 0 aromatic carbocycles. The smallest absolute Gasteiger partial charge is 0.167 e. The highest BCUT2D eigenvalue weighted by Gasteiger charge is 2.41. The summed E-state index contributed by atoms with van der Waals surface area (Å²) in [5.41, 5.74) is 1.39. The number of allylic oxidation sites excluding steroid dienone is 2. The molecule has 0 N–H and O–H groups in total. The van der Waals surface area contributed by atoms with Crippen molar-refractivity contribution in [2.45, 2.75) is 64.8 Å². The fourth-order valence-corrected chi connectivity index (χ4v) is 8.73. The highest BCUT2D eigenvalue weighted by atomic mass is 32.2. The minimum atomic E-state index is -0.697. The molecule has 8 heteroatoms. The average Bonchev–Trinajstić information content (AvgIpc) is 3.35. The van der Waals surface area contributed by atoms with Crippen molar-refractivity contribution < 1.29 is 18.9 Å². The normalized spacial score (nSPS) is 36.5. The summed E-state index contributed by atoms with van der Waals surface area (Å²) < 4.78 is 24.5. The Morgan fingerprint density at radius 2 is 1.06 bits per heavy atom. The molecule has 0 amide bonds. The number of nitrogens with zero attached hydrogens (tertiary/aromatic N) is 2. The topological polar surface area (TPSA) is 61.6 Å². The zero-order valence-corrected chi connectivity index (χ0v) is 22.2. The predicted octanol–water partition coefficient (Wildman–Crippen LogP) is 5.49. The van der Waals surface area contributed by atoms with Crippen LogP contribution in [-0.2, 0) is 18.9 Å². The van der Waals surface area contributed by atoms with Crippen LogP contribution in [-0.4, -0.2) is 47.9 Å². The second-order valence-electron chi connectivity index (χ2n) is 10.6. The molecule has 0 aromatic heterocycles. The molecular weight excluding hydrogens is 468 g/mol. The van der Waals surface area contributed by atoms with Crippen LogP contribution in [0.4, 0.5) is 0 Å². The Morgan fingerprint density at radius 1 is 0.676 bits per heavy atom. The fourth-order valence-electron chi connectivity index (χ4n) is 4.71. The first-order chi connectivity index (χ1) is 16.1. The number of fused-ring (bicyclic) bond motifs is 3. The van der Waals surface area contributed by atoms with Gasteiger partial charge in [-0.15, -0.1) is 0 Å². The molecule has 4 atom stereocenters. The summed E-state index contributed by atoms with van der Waals surface area (Å²) in [5, 5.41) is 8.90. The SMILES string of the molecule is CC1=NC2C([SH]3C=C4OCC(C)(C)OC4=C3)=CC=C([SH]3C=C4OCC(C)(C)OC4=C3)C2N=C1C. The van der Waals surface area contributed by atoms with Crippen LogP contribution in [0.5, 0.6) is 0 Å². The molecule has 6 nitrogen and oxygen atoms in total. The summed E-state index contributed by atoms with van der Waals surface area (Å²) in [6, 6.07) is -0.0336. The van der Waals surface area contributed by atoms with Gasteiger partial charge in [0.15, 0.2) is 23.0 Å². The van der Waals surface area contributed by atoms with Crippen LogP contribution in [0.2, 0.25) is 0 Å². The first-order valence-corrected chi connectivity index (χ1v) is 14.6. The zero-order chi connectivity index (χ0) is 23.8. The molecule has 0 spiro atoms. The Bertz CT molecular complexity index is 1120. The van der Waals surface area contributed by atoms with E-state index in [0.717, 1.165) is 34.5 Å². The lowest BCUT2D eigenvalue weighted by Crippen LogP contribution is -2.35. The largest absolute Gasteiger partial charge is 0.485 e. The summed E-state index contributed by atoms with van der Waals surface area (Å²) in [4.78, 5) is 12.9. The van der Waals surface area contributed by atoms with Crippen molar-refractivity contribution in [3.05, 3.63) is 66.6 Å². The number of rotatable bonds is 2. The molecule has 6 rings (SSSR count). The maximum atomic E-state index is 6.20. The van der Waals surface area contributed by atoms with Gasteiger partial charge in [0.1, 0.15) is 36.5 Å². The third kappa shape index (κ3) is 3.75. The van der Waals surface area contributed by atoms with E-state index in [1.54, 1.807) is 0 Å². The maximum absolute atomic E-state index is 6.20. The van der Waals surface area contributed by atoms with Gasteiger partial charge < -0.3 is 18.9 Å². The van der Waals surface area contributed by atoms with Gasteiger partial charge in [-0.05, 0) is 51.4 Å². The number of hydrogen-bond donors (Lipinski definition) is 2. The van der Waals surface area contributed by atoms with Crippen molar-refractivity contribution in [3.63, 3.8) is 0 Å². The number of ether oxygens (including phenoxy) is 4. The summed E-state index contributed by atoms with van der Waals surface area (Å²) in [5.74, 6) is 3.46. The van der Waals surface area contributed by atoms with Crippen molar-refractivity contribution in [2.75, 3.05) is 13.2 Å². The second kappa shape index (κ2) is 7.59. The highest BCUT2D eigenvalue weighted by molar-refractivity contribution is 8.26. The van der Waals surface area contributed by atoms with Crippen LogP contribution in [0, 0.1) is 0 Å². The van der Waals surface area contributed by atoms with Gasteiger partial charge >= 0.3 is 0 Å². The van der Waals surface area contributed by atoms with Crippen LogP contribution in [0.1, 0.15) is 41.5 Å². The third-order valence-corrected chi connectivity index (χ3v) is 10.6. The Balaban J connectivity index is 1.36. The van der Waals surface area contributed by atoms with Crippen molar-refractivity contribution in [1.29, 1.82) is 0 Å².